The van der Waals surface area contributed by atoms with Crippen molar-refractivity contribution in [2.45, 2.75) is 13.8 Å². The van der Waals surface area contributed by atoms with E-state index in [1.165, 1.54) is 12.1 Å². The van der Waals surface area contributed by atoms with Crippen LogP contribution in [-0.4, -0.2) is 24.5 Å². The molecule has 0 spiro atoms. The van der Waals surface area contributed by atoms with E-state index >= 15 is 0 Å². The first-order valence-electron chi connectivity index (χ1n) is 11.1. The molecule has 1 N–H and O–H groups in total. The molecule has 0 aliphatic rings. The number of carbonyl (C=O) groups excluding carboxylic acids is 1. The average molecular weight is 490 g/mol. The van der Waals surface area contributed by atoms with Crippen molar-refractivity contribution in [3.05, 3.63) is 88.4 Å². The minimum absolute atomic E-state index is 0.106. The summed E-state index contributed by atoms with van der Waals surface area (Å²) in [5.74, 6) is -0.229. The van der Waals surface area contributed by atoms with Crippen LogP contribution in [0.3, 0.4) is 0 Å². The average Bonchev–Trinajstić information content (AvgIpc) is 3.27. The Morgan fingerprint density at radius 3 is 2.58 bits per heavy atom. The highest BCUT2D eigenvalue weighted by molar-refractivity contribution is 6.05. The van der Waals surface area contributed by atoms with Crippen molar-refractivity contribution >= 4 is 33.8 Å². The summed E-state index contributed by atoms with van der Waals surface area (Å²) in [6.07, 6.45) is 3.02. The first kappa shape index (κ1) is 24.5. The maximum Gasteiger partial charge on any atom is 0.306 e. The van der Waals surface area contributed by atoms with Gasteiger partial charge in [-0.3, -0.25) is 14.9 Å². The number of nitro groups is 1. The number of hydrogen-bond donors (Lipinski definition) is 1. The number of methoxy groups -OCH3 is 1. The van der Waals surface area contributed by atoms with Crippen LogP contribution in [0.4, 0.5) is 15.8 Å². The number of rotatable bonds is 8. The number of halogens is 1. The number of nitrogens with one attached hydrogen (secondary N) is 1. The van der Waals surface area contributed by atoms with Crippen molar-refractivity contribution in [3.8, 4) is 22.6 Å². The van der Waals surface area contributed by atoms with Crippen LogP contribution in [0, 0.1) is 15.9 Å². The summed E-state index contributed by atoms with van der Waals surface area (Å²) < 4.78 is 30.4. The van der Waals surface area contributed by atoms with Gasteiger partial charge < -0.3 is 19.2 Å². The van der Waals surface area contributed by atoms with Gasteiger partial charge in [-0.1, -0.05) is 12.1 Å². The smallest absolute Gasteiger partial charge is 0.306 e. The van der Waals surface area contributed by atoms with Crippen LogP contribution in [0.15, 0.2) is 71.4 Å². The van der Waals surface area contributed by atoms with Crippen LogP contribution in [0.2, 0.25) is 0 Å². The highest BCUT2D eigenvalue weighted by Crippen LogP contribution is 2.38. The second-order valence-electron chi connectivity index (χ2n) is 7.90. The van der Waals surface area contributed by atoms with Crippen LogP contribution in [0.5, 0.6) is 11.5 Å². The summed E-state index contributed by atoms with van der Waals surface area (Å²) in [5, 5.41) is 14.4. The number of hydrogen-bond acceptors (Lipinski definition) is 6. The summed E-state index contributed by atoms with van der Waals surface area (Å²) in [6, 6.07) is 14.4. The fourth-order valence-corrected chi connectivity index (χ4v) is 3.82. The molecule has 0 aliphatic carbocycles. The Morgan fingerprint density at radius 1 is 1.17 bits per heavy atom. The SMILES string of the molecule is CCOc1cc2occ(-c3ccc(OC)cc3)c2cc1/C(C)=C/C(=O)Nc1ccc(F)c([N+](=O)[O-])c1. The Labute approximate surface area is 206 Å². The number of anilines is 1. The van der Waals surface area contributed by atoms with Gasteiger partial charge in [-0.05, 0) is 55.3 Å². The molecule has 8 nitrogen and oxygen atoms in total. The molecule has 9 heteroatoms. The van der Waals surface area contributed by atoms with Gasteiger partial charge in [-0.15, -0.1) is 0 Å². The highest BCUT2D eigenvalue weighted by atomic mass is 19.1. The number of benzene rings is 3. The predicted octanol–water partition coefficient (Wildman–Crippen LogP) is 6.60. The lowest BCUT2D eigenvalue weighted by molar-refractivity contribution is -0.387. The molecule has 4 rings (SSSR count). The first-order valence-corrected chi connectivity index (χ1v) is 11.1. The van der Waals surface area contributed by atoms with Crippen LogP contribution in [0.25, 0.3) is 27.7 Å². The van der Waals surface area contributed by atoms with E-state index in [4.69, 9.17) is 13.9 Å². The van der Waals surface area contributed by atoms with E-state index in [0.29, 0.717) is 29.1 Å². The van der Waals surface area contributed by atoms with E-state index in [-0.39, 0.29) is 5.69 Å². The van der Waals surface area contributed by atoms with Crippen molar-refractivity contribution in [1.82, 2.24) is 0 Å². The molecule has 0 radical (unpaired) electrons. The number of allylic oxidation sites excluding steroid dienone is 1. The van der Waals surface area contributed by atoms with E-state index < -0.39 is 22.3 Å². The van der Waals surface area contributed by atoms with Crippen molar-refractivity contribution in [3.63, 3.8) is 0 Å². The molecule has 0 fully saturated rings. The summed E-state index contributed by atoms with van der Waals surface area (Å²) in [7, 11) is 1.60. The van der Waals surface area contributed by atoms with Gasteiger partial charge in [0.15, 0.2) is 0 Å². The maximum absolute atomic E-state index is 13.6. The monoisotopic (exact) mass is 490 g/mol. The fraction of sp³-hybridized carbons (Fsp3) is 0.148. The number of fused-ring (bicyclic) bond motifs is 1. The van der Waals surface area contributed by atoms with Gasteiger partial charge in [0.25, 0.3) is 0 Å². The summed E-state index contributed by atoms with van der Waals surface area (Å²) in [5.41, 5.74) is 3.09. The third-order valence-electron chi connectivity index (χ3n) is 5.56. The zero-order valence-electron chi connectivity index (χ0n) is 19.8. The first-order chi connectivity index (χ1) is 17.3. The lowest BCUT2D eigenvalue weighted by Crippen LogP contribution is -2.09. The Morgan fingerprint density at radius 2 is 1.92 bits per heavy atom. The second kappa shape index (κ2) is 10.3. The molecule has 0 unspecified atom stereocenters. The van der Waals surface area contributed by atoms with Crippen molar-refractivity contribution in [1.29, 1.82) is 0 Å². The highest BCUT2D eigenvalue weighted by Gasteiger charge is 2.17. The largest absolute Gasteiger partial charge is 0.497 e. The van der Waals surface area contributed by atoms with Crippen LogP contribution < -0.4 is 14.8 Å². The molecule has 1 heterocycles. The summed E-state index contributed by atoms with van der Waals surface area (Å²) >= 11 is 0. The molecule has 0 saturated carbocycles. The quantitative estimate of drug-likeness (QED) is 0.170. The molecule has 1 amide bonds. The van der Waals surface area contributed by atoms with Gasteiger partial charge in [-0.2, -0.15) is 4.39 Å². The minimum atomic E-state index is -0.979. The van der Waals surface area contributed by atoms with Gasteiger partial charge >= 0.3 is 5.69 Å². The van der Waals surface area contributed by atoms with E-state index in [1.54, 1.807) is 26.4 Å². The third-order valence-corrected chi connectivity index (χ3v) is 5.56. The molecule has 0 bridgehead atoms. The van der Waals surface area contributed by atoms with Gasteiger partial charge in [0.2, 0.25) is 11.7 Å². The Bertz CT molecular complexity index is 1470. The molecule has 36 heavy (non-hydrogen) atoms. The lowest BCUT2D eigenvalue weighted by atomic mass is 9.99. The Balaban J connectivity index is 1.69. The van der Waals surface area contributed by atoms with Crippen molar-refractivity contribution < 1.29 is 28.0 Å². The number of nitrogens with zero attached hydrogens (tertiary/aromatic N) is 1. The normalized spacial score (nSPS) is 11.4. The number of furan rings is 1. The molecule has 0 saturated heterocycles. The number of carbonyl (C=O) groups is 1. The molecule has 184 valence electrons. The van der Waals surface area contributed by atoms with E-state index in [0.717, 1.165) is 34.4 Å². The van der Waals surface area contributed by atoms with E-state index in [1.807, 2.05) is 37.3 Å². The molecule has 1 aromatic heterocycles. The number of amides is 1. The minimum Gasteiger partial charge on any atom is -0.497 e. The molecular weight excluding hydrogens is 467 g/mol. The van der Waals surface area contributed by atoms with Crippen LogP contribution in [0.1, 0.15) is 19.4 Å². The number of ether oxygens (including phenoxy) is 2. The summed E-state index contributed by atoms with van der Waals surface area (Å²) in [6.45, 7) is 4.01. The molecule has 0 atom stereocenters. The second-order valence-corrected chi connectivity index (χ2v) is 7.90. The molecular formula is C27H23FN2O6. The number of nitro benzene ring substituents is 1. The van der Waals surface area contributed by atoms with Gasteiger partial charge in [0.05, 0.1) is 24.9 Å². The zero-order valence-corrected chi connectivity index (χ0v) is 19.8. The lowest BCUT2D eigenvalue weighted by Gasteiger charge is -2.12. The molecule has 3 aromatic carbocycles. The van der Waals surface area contributed by atoms with E-state index in [9.17, 15) is 19.3 Å². The van der Waals surface area contributed by atoms with Gasteiger partial charge in [0.1, 0.15) is 17.1 Å². The van der Waals surface area contributed by atoms with Crippen molar-refractivity contribution in [2.24, 2.45) is 0 Å². The molecule has 4 aromatic rings. The van der Waals surface area contributed by atoms with Gasteiger partial charge in [0, 0.05) is 40.4 Å². The maximum atomic E-state index is 13.6. The Hall–Kier alpha value is -4.66. The fourth-order valence-electron chi connectivity index (χ4n) is 3.82. The standard InChI is InChI=1S/C27H23FN2O6/c1-4-35-25-14-26-21(22(15-36-26)17-5-8-19(34-3)9-6-17)13-20(25)16(2)11-27(31)29-18-7-10-23(28)24(12-18)30(32)33/h5-15H,4H2,1-3H3,(H,29,31)/b16-11+. The zero-order chi connectivity index (χ0) is 25.8. The Kier molecular flexibility index (Phi) is 7.00. The van der Waals surface area contributed by atoms with Crippen LogP contribution in [-0.2, 0) is 4.79 Å². The molecule has 0 aliphatic heterocycles. The van der Waals surface area contributed by atoms with Gasteiger partial charge in [-0.25, -0.2) is 0 Å². The third kappa shape index (κ3) is 5.05. The topological polar surface area (TPSA) is 104 Å². The predicted molar refractivity (Wildman–Crippen MR) is 135 cm³/mol. The van der Waals surface area contributed by atoms with E-state index in [2.05, 4.69) is 5.32 Å². The van der Waals surface area contributed by atoms with Crippen LogP contribution >= 0.6 is 0 Å². The summed E-state index contributed by atoms with van der Waals surface area (Å²) in [4.78, 5) is 22.8. The van der Waals surface area contributed by atoms with Crippen molar-refractivity contribution in [2.75, 3.05) is 19.0 Å².